The number of carbonyl (C=O) groups is 1. The number of likely N-dealkylation sites (tertiary alicyclic amines) is 1. The number of benzene rings is 1. The molecule has 0 saturated carbocycles. The fraction of sp³-hybridized carbons (Fsp3) is 0.533. The van der Waals surface area contributed by atoms with Crippen LogP contribution in [0.2, 0.25) is 0 Å². The van der Waals surface area contributed by atoms with E-state index in [1.54, 1.807) is 0 Å². The first-order chi connectivity index (χ1) is 9.15. The molecule has 4 nitrogen and oxygen atoms in total. The van der Waals surface area contributed by atoms with Crippen LogP contribution in [0.5, 0.6) is 5.75 Å². The Kier molecular flexibility index (Phi) is 4.66. The molecule has 1 aliphatic heterocycles. The number of urea groups is 1. The third kappa shape index (κ3) is 4.16. The van der Waals surface area contributed by atoms with Crippen LogP contribution in [-0.2, 0) is 0 Å². The molecule has 4 heteroatoms. The second kappa shape index (κ2) is 6.45. The Morgan fingerprint density at radius 3 is 2.84 bits per heavy atom. The molecule has 0 aliphatic carbocycles. The first kappa shape index (κ1) is 13.7. The molecule has 1 atom stereocenters. The molecule has 1 saturated heterocycles. The summed E-state index contributed by atoms with van der Waals surface area (Å²) < 4.78 is 5.68. The summed E-state index contributed by atoms with van der Waals surface area (Å²) in [6, 6.07) is 7.96. The molecule has 1 aliphatic rings. The summed E-state index contributed by atoms with van der Waals surface area (Å²) in [7, 11) is 0. The molecule has 2 amide bonds. The third-order valence-electron chi connectivity index (χ3n) is 3.25. The lowest BCUT2D eigenvalue weighted by Gasteiger charge is -2.20. The zero-order valence-electron chi connectivity index (χ0n) is 11.7. The van der Waals surface area contributed by atoms with Crippen LogP contribution in [0.4, 0.5) is 4.79 Å². The first-order valence-electron chi connectivity index (χ1n) is 6.90. The predicted molar refractivity (Wildman–Crippen MR) is 75.5 cm³/mol. The summed E-state index contributed by atoms with van der Waals surface area (Å²) >= 11 is 0. The normalized spacial score (nSPS) is 16.2. The van der Waals surface area contributed by atoms with Crippen LogP contribution in [0.25, 0.3) is 0 Å². The summed E-state index contributed by atoms with van der Waals surface area (Å²) in [5.41, 5.74) is 1.17. The largest absolute Gasteiger partial charge is 0.491 e. The summed E-state index contributed by atoms with van der Waals surface area (Å²) in [6.45, 7) is 6.23. The molecule has 0 aromatic heterocycles. The number of hydrogen-bond acceptors (Lipinski definition) is 2. The monoisotopic (exact) mass is 262 g/mol. The Morgan fingerprint density at radius 2 is 2.16 bits per heavy atom. The molecular formula is C15H22N2O2. The zero-order chi connectivity index (χ0) is 13.7. The molecule has 2 rings (SSSR count). The van der Waals surface area contributed by atoms with Gasteiger partial charge in [-0.25, -0.2) is 4.79 Å². The second-order valence-electron chi connectivity index (χ2n) is 5.17. The highest BCUT2D eigenvalue weighted by molar-refractivity contribution is 5.74. The molecule has 0 radical (unpaired) electrons. The van der Waals surface area contributed by atoms with Crippen molar-refractivity contribution in [2.24, 2.45) is 0 Å². The van der Waals surface area contributed by atoms with Crippen LogP contribution in [0.1, 0.15) is 25.3 Å². The van der Waals surface area contributed by atoms with E-state index in [2.05, 4.69) is 5.32 Å². The molecule has 1 heterocycles. The van der Waals surface area contributed by atoms with E-state index in [1.807, 2.05) is 43.0 Å². The Bertz CT molecular complexity index is 428. The van der Waals surface area contributed by atoms with E-state index < -0.39 is 0 Å². The van der Waals surface area contributed by atoms with Crippen LogP contribution in [0.3, 0.4) is 0 Å². The SMILES string of the molecule is Cc1cccc(OC[C@H](C)NC(=O)N2CCCC2)c1. The maximum absolute atomic E-state index is 11.9. The highest BCUT2D eigenvalue weighted by Crippen LogP contribution is 2.12. The summed E-state index contributed by atoms with van der Waals surface area (Å²) in [5, 5.41) is 2.97. The quantitative estimate of drug-likeness (QED) is 0.906. The van der Waals surface area contributed by atoms with Gasteiger partial charge in [-0.05, 0) is 44.4 Å². The fourth-order valence-electron chi connectivity index (χ4n) is 2.19. The fourth-order valence-corrected chi connectivity index (χ4v) is 2.19. The van der Waals surface area contributed by atoms with Crippen molar-refractivity contribution in [2.75, 3.05) is 19.7 Å². The van der Waals surface area contributed by atoms with Crippen molar-refractivity contribution < 1.29 is 9.53 Å². The summed E-state index contributed by atoms with van der Waals surface area (Å²) in [6.07, 6.45) is 2.23. The van der Waals surface area contributed by atoms with Gasteiger partial charge in [0.2, 0.25) is 0 Å². The molecule has 1 N–H and O–H groups in total. The van der Waals surface area contributed by atoms with E-state index in [0.29, 0.717) is 6.61 Å². The molecule has 1 aromatic carbocycles. The van der Waals surface area contributed by atoms with Crippen LogP contribution in [0, 0.1) is 6.92 Å². The van der Waals surface area contributed by atoms with E-state index in [9.17, 15) is 4.79 Å². The highest BCUT2D eigenvalue weighted by Gasteiger charge is 2.19. The van der Waals surface area contributed by atoms with Gasteiger partial charge in [0.15, 0.2) is 0 Å². The Morgan fingerprint density at radius 1 is 1.42 bits per heavy atom. The molecule has 1 aromatic rings. The predicted octanol–water partition coefficient (Wildman–Crippen LogP) is 2.57. The lowest BCUT2D eigenvalue weighted by molar-refractivity contribution is 0.197. The third-order valence-corrected chi connectivity index (χ3v) is 3.25. The average molecular weight is 262 g/mol. The van der Waals surface area contributed by atoms with E-state index >= 15 is 0 Å². The minimum absolute atomic E-state index is 0.00797. The van der Waals surface area contributed by atoms with Gasteiger partial charge >= 0.3 is 6.03 Å². The highest BCUT2D eigenvalue weighted by atomic mass is 16.5. The number of carbonyl (C=O) groups excluding carboxylic acids is 1. The number of amides is 2. The number of rotatable bonds is 4. The van der Waals surface area contributed by atoms with Gasteiger partial charge in [0, 0.05) is 13.1 Å². The number of aryl methyl sites for hydroxylation is 1. The Balaban J connectivity index is 1.75. The van der Waals surface area contributed by atoms with Crippen molar-refractivity contribution in [2.45, 2.75) is 32.7 Å². The topological polar surface area (TPSA) is 41.6 Å². The van der Waals surface area contributed by atoms with Crippen molar-refractivity contribution in [3.05, 3.63) is 29.8 Å². The second-order valence-corrected chi connectivity index (χ2v) is 5.17. The molecule has 19 heavy (non-hydrogen) atoms. The van der Waals surface area contributed by atoms with Crippen LogP contribution >= 0.6 is 0 Å². The van der Waals surface area contributed by atoms with Gasteiger partial charge in [0.1, 0.15) is 12.4 Å². The first-order valence-corrected chi connectivity index (χ1v) is 6.90. The Labute approximate surface area is 114 Å². The van der Waals surface area contributed by atoms with Gasteiger partial charge in [0.25, 0.3) is 0 Å². The molecule has 1 fully saturated rings. The zero-order valence-corrected chi connectivity index (χ0v) is 11.7. The van der Waals surface area contributed by atoms with Gasteiger partial charge in [-0.1, -0.05) is 12.1 Å². The van der Waals surface area contributed by atoms with Crippen LogP contribution in [0.15, 0.2) is 24.3 Å². The van der Waals surface area contributed by atoms with Crippen molar-refractivity contribution in [3.63, 3.8) is 0 Å². The number of nitrogens with zero attached hydrogens (tertiary/aromatic N) is 1. The van der Waals surface area contributed by atoms with Gasteiger partial charge in [-0.3, -0.25) is 0 Å². The maximum atomic E-state index is 11.9. The van der Waals surface area contributed by atoms with Crippen molar-refractivity contribution in [1.82, 2.24) is 10.2 Å². The van der Waals surface area contributed by atoms with E-state index in [0.717, 1.165) is 31.7 Å². The summed E-state index contributed by atoms with van der Waals surface area (Å²) in [5.74, 6) is 0.849. The van der Waals surface area contributed by atoms with E-state index in [-0.39, 0.29) is 12.1 Å². The van der Waals surface area contributed by atoms with E-state index in [1.165, 1.54) is 5.56 Å². The summed E-state index contributed by atoms with van der Waals surface area (Å²) in [4.78, 5) is 13.7. The molecule has 0 bridgehead atoms. The van der Waals surface area contributed by atoms with Gasteiger partial charge < -0.3 is 15.0 Å². The van der Waals surface area contributed by atoms with Crippen LogP contribution < -0.4 is 10.1 Å². The smallest absolute Gasteiger partial charge is 0.317 e. The molecule has 104 valence electrons. The lowest BCUT2D eigenvalue weighted by Crippen LogP contribution is -2.44. The van der Waals surface area contributed by atoms with Crippen molar-refractivity contribution in [1.29, 1.82) is 0 Å². The minimum Gasteiger partial charge on any atom is -0.491 e. The van der Waals surface area contributed by atoms with E-state index in [4.69, 9.17) is 4.74 Å². The number of ether oxygens (including phenoxy) is 1. The van der Waals surface area contributed by atoms with Gasteiger partial charge in [0.05, 0.1) is 6.04 Å². The maximum Gasteiger partial charge on any atom is 0.317 e. The number of hydrogen-bond donors (Lipinski definition) is 1. The standard InChI is InChI=1S/C15H22N2O2/c1-12-6-5-7-14(10-12)19-11-13(2)16-15(18)17-8-3-4-9-17/h5-7,10,13H,3-4,8-9,11H2,1-2H3,(H,16,18)/t13-/m0/s1. The molecule has 0 unspecified atom stereocenters. The van der Waals surface area contributed by atoms with Crippen molar-refractivity contribution in [3.8, 4) is 5.75 Å². The van der Waals surface area contributed by atoms with Gasteiger partial charge in [-0.15, -0.1) is 0 Å². The Hall–Kier alpha value is -1.71. The minimum atomic E-state index is 0.00797. The molecule has 0 spiro atoms. The van der Waals surface area contributed by atoms with Gasteiger partial charge in [-0.2, -0.15) is 0 Å². The number of nitrogens with one attached hydrogen (secondary N) is 1. The molecular weight excluding hydrogens is 240 g/mol. The van der Waals surface area contributed by atoms with Crippen LogP contribution in [-0.4, -0.2) is 36.7 Å². The van der Waals surface area contributed by atoms with Crippen molar-refractivity contribution >= 4 is 6.03 Å². The lowest BCUT2D eigenvalue weighted by atomic mass is 10.2. The average Bonchev–Trinajstić information content (AvgIpc) is 2.90.